The lowest BCUT2D eigenvalue weighted by molar-refractivity contribution is -0.121. The summed E-state index contributed by atoms with van der Waals surface area (Å²) in [6, 6.07) is 3.89. The monoisotopic (exact) mass is 365 g/mol. The first-order chi connectivity index (χ1) is 13.1. The number of aryl methyl sites for hydroxylation is 1. The molecule has 0 spiro atoms. The lowest BCUT2D eigenvalue weighted by Crippen LogP contribution is -2.28. The molecule has 3 aromatic heterocycles. The van der Waals surface area contributed by atoms with Crippen LogP contribution < -0.4 is 5.32 Å². The molecular formula is C20H23N5O2. The fourth-order valence-electron chi connectivity index (χ4n) is 3.66. The minimum atomic E-state index is -0.00912. The fraction of sp³-hybridized carbons (Fsp3) is 0.400. The number of anilines is 1. The molecule has 0 aromatic carbocycles. The van der Waals surface area contributed by atoms with Gasteiger partial charge in [0.25, 0.3) is 0 Å². The largest absolute Gasteiger partial charge is 0.396 e. The second-order valence-corrected chi connectivity index (χ2v) is 7.28. The molecule has 2 N–H and O–H groups in total. The van der Waals surface area contributed by atoms with Crippen LogP contribution in [-0.2, 0) is 11.8 Å². The third kappa shape index (κ3) is 3.83. The standard InChI is InChI=1S/C20H23N5O2/c1-25-11-17(9-23-25)16-6-15-7-19(22-10-18(15)21-8-16)24-20(27)14-4-2-13(12-26)3-5-14/h6-11,13-14,26H,2-5,12H2,1H3,(H,22,24,27)/t13-,14-. The summed E-state index contributed by atoms with van der Waals surface area (Å²) < 4.78 is 1.75. The van der Waals surface area contributed by atoms with Crippen molar-refractivity contribution >= 4 is 22.6 Å². The average molecular weight is 365 g/mol. The minimum absolute atomic E-state index is 0.00890. The Morgan fingerprint density at radius 1 is 1.15 bits per heavy atom. The Hall–Kier alpha value is -2.80. The van der Waals surface area contributed by atoms with Crippen LogP contribution in [0.1, 0.15) is 25.7 Å². The summed E-state index contributed by atoms with van der Waals surface area (Å²) in [7, 11) is 1.88. The number of pyridine rings is 2. The van der Waals surface area contributed by atoms with Crippen LogP contribution in [-0.4, -0.2) is 37.4 Å². The van der Waals surface area contributed by atoms with Crippen molar-refractivity contribution in [2.45, 2.75) is 25.7 Å². The van der Waals surface area contributed by atoms with E-state index in [0.717, 1.165) is 47.7 Å². The number of nitrogens with one attached hydrogen (secondary N) is 1. The van der Waals surface area contributed by atoms with E-state index in [2.05, 4.69) is 20.4 Å². The van der Waals surface area contributed by atoms with Gasteiger partial charge in [-0.15, -0.1) is 0 Å². The van der Waals surface area contributed by atoms with Gasteiger partial charge in [0.2, 0.25) is 5.91 Å². The average Bonchev–Trinajstić information content (AvgIpc) is 3.14. The molecule has 1 aliphatic rings. The Morgan fingerprint density at radius 2 is 1.96 bits per heavy atom. The number of hydrogen-bond acceptors (Lipinski definition) is 5. The van der Waals surface area contributed by atoms with E-state index >= 15 is 0 Å². The zero-order valence-corrected chi connectivity index (χ0v) is 15.3. The van der Waals surface area contributed by atoms with Crippen LogP contribution in [0.4, 0.5) is 5.82 Å². The summed E-state index contributed by atoms with van der Waals surface area (Å²) in [4.78, 5) is 21.3. The highest BCUT2D eigenvalue weighted by Gasteiger charge is 2.26. The molecule has 7 heteroatoms. The number of aliphatic hydroxyl groups excluding tert-OH is 1. The van der Waals surface area contributed by atoms with E-state index in [1.54, 1.807) is 23.3 Å². The van der Waals surface area contributed by atoms with Gasteiger partial charge in [0.05, 0.1) is 17.9 Å². The van der Waals surface area contributed by atoms with E-state index in [0.29, 0.717) is 11.7 Å². The van der Waals surface area contributed by atoms with Crippen molar-refractivity contribution in [3.63, 3.8) is 0 Å². The predicted molar refractivity (Wildman–Crippen MR) is 103 cm³/mol. The number of rotatable bonds is 4. The first kappa shape index (κ1) is 17.6. The van der Waals surface area contributed by atoms with Crippen molar-refractivity contribution in [1.29, 1.82) is 0 Å². The summed E-state index contributed by atoms with van der Waals surface area (Å²) in [6.45, 7) is 0.215. The normalized spacial score (nSPS) is 19.9. The topological polar surface area (TPSA) is 92.9 Å². The summed E-state index contributed by atoms with van der Waals surface area (Å²) in [5, 5.41) is 17.3. The third-order valence-corrected chi connectivity index (χ3v) is 5.33. The summed E-state index contributed by atoms with van der Waals surface area (Å²) in [5.74, 6) is 0.881. The molecule has 0 bridgehead atoms. The fourth-order valence-corrected chi connectivity index (χ4v) is 3.66. The predicted octanol–water partition coefficient (Wildman–Crippen LogP) is 2.77. The highest BCUT2D eigenvalue weighted by Crippen LogP contribution is 2.29. The summed E-state index contributed by atoms with van der Waals surface area (Å²) in [6.07, 6.45) is 10.7. The first-order valence-corrected chi connectivity index (χ1v) is 9.29. The SMILES string of the molecule is Cn1cc(-c2cnc3cnc(NC(=O)[C@H]4CC[C@H](CO)CC4)cc3c2)cn1. The van der Waals surface area contributed by atoms with E-state index in [-0.39, 0.29) is 18.4 Å². The molecule has 140 valence electrons. The molecule has 1 fully saturated rings. The smallest absolute Gasteiger partial charge is 0.228 e. The Bertz CT molecular complexity index is 960. The van der Waals surface area contributed by atoms with Gasteiger partial charge in [-0.1, -0.05) is 0 Å². The maximum absolute atomic E-state index is 12.5. The number of amides is 1. The Labute approximate surface area is 157 Å². The maximum Gasteiger partial charge on any atom is 0.228 e. The molecule has 1 amide bonds. The second-order valence-electron chi connectivity index (χ2n) is 7.28. The minimum Gasteiger partial charge on any atom is -0.396 e. The van der Waals surface area contributed by atoms with Crippen molar-refractivity contribution in [1.82, 2.24) is 19.7 Å². The van der Waals surface area contributed by atoms with Crippen LogP contribution in [0.5, 0.6) is 0 Å². The van der Waals surface area contributed by atoms with Crippen LogP contribution >= 0.6 is 0 Å². The van der Waals surface area contributed by atoms with Gasteiger partial charge < -0.3 is 10.4 Å². The lowest BCUT2D eigenvalue weighted by atomic mass is 9.82. The number of carbonyl (C=O) groups excluding carboxylic acids is 1. The molecule has 0 unspecified atom stereocenters. The van der Waals surface area contributed by atoms with Crippen molar-refractivity contribution in [2.75, 3.05) is 11.9 Å². The molecule has 0 radical (unpaired) electrons. The zero-order chi connectivity index (χ0) is 18.8. The van der Waals surface area contributed by atoms with Crippen LogP contribution in [0.15, 0.2) is 36.9 Å². The maximum atomic E-state index is 12.5. The third-order valence-electron chi connectivity index (χ3n) is 5.33. The number of aromatic nitrogens is 4. The zero-order valence-electron chi connectivity index (χ0n) is 15.3. The number of fused-ring (bicyclic) bond motifs is 1. The molecule has 1 aliphatic carbocycles. The number of aliphatic hydroxyl groups is 1. The van der Waals surface area contributed by atoms with Gasteiger partial charge in [-0.25, -0.2) is 4.98 Å². The van der Waals surface area contributed by atoms with E-state index in [9.17, 15) is 9.90 Å². The summed E-state index contributed by atoms with van der Waals surface area (Å²) in [5.41, 5.74) is 2.75. The highest BCUT2D eigenvalue weighted by molar-refractivity contribution is 5.94. The number of hydrogen-bond donors (Lipinski definition) is 2. The molecule has 0 saturated heterocycles. The molecular weight excluding hydrogens is 342 g/mol. The molecule has 4 rings (SSSR count). The van der Waals surface area contributed by atoms with Gasteiger partial charge >= 0.3 is 0 Å². The van der Waals surface area contributed by atoms with E-state index in [1.165, 1.54) is 0 Å². The number of carbonyl (C=O) groups is 1. The van der Waals surface area contributed by atoms with Crippen molar-refractivity contribution in [3.05, 3.63) is 36.9 Å². The van der Waals surface area contributed by atoms with Gasteiger partial charge in [-0.2, -0.15) is 5.10 Å². The molecule has 0 aliphatic heterocycles. The quantitative estimate of drug-likeness (QED) is 0.742. The van der Waals surface area contributed by atoms with E-state index in [1.807, 2.05) is 25.4 Å². The number of nitrogens with zero attached hydrogens (tertiary/aromatic N) is 4. The van der Waals surface area contributed by atoms with E-state index < -0.39 is 0 Å². The van der Waals surface area contributed by atoms with Crippen molar-refractivity contribution in [2.24, 2.45) is 18.9 Å². The molecule has 0 atom stereocenters. The van der Waals surface area contributed by atoms with Crippen LogP contribution in [0.3, 0.4) is 0 Å². The van der Waals surface area contributed by atoms with Gasteiger partial charge in [0.15, 0.2) is 0 Å². The lowest BCUT2D eigenvalue weighted by Gasteiger charge is -2.26. The molecule has 1 saturated carbocycles. The van der Waals surface area contributed by atoms with Gasteiger partial charge in [-0.3, -0.25) is 14.5 Å². The molecule has 27 heavy (non-hydrogen) atoms. The van der Waals surface area contributed by atoms with Crippen molar-refractivity contribution < 1.29 is 9.90 Å². The Kier molecular flexibility index (Phi) is 4.85. The summed E-state index contributed by atoms with van der Waals surface area (Å²) >= 11 is 0. The molecule has 3 heterocycles. The van der Waals surface area contributed by atoms with Gasteiger partial charge in [-0.05, 0) is 43.7 Å². The van der Waals surface area contributed by atoms with Gasteiger partial charge in [0.1, 0.15) is 5.82 Å². The highest BCUT2D eigenvalue weighted by atomic mass is 16.3. The van der Waals surface area contributed by atoms with Crippen LogP contribution in [0.25, 0.3) is 22.0 Å². The molecule has 3 aromatic rings. The first-order valence-electron chi connectivity index (χ1n) is 9.29. The van der Waals surface area contributed by atoms with Crippen LogP contribution in [0.2, 0.25) is 0 Å². The second kappa shape index (κ2) is 7.44. The van der Waals surface area contributed by atoms with Crippen molar-refractivity contribution in [3.8, 4) is 11.1 Å². The Morgan fingerprint density at radius 3 is 2.67 bits per heavy atom. The Balaban J connectivity index is 1.51. The molecule has 7 nitrogen and oxygen atoms in total. The van der Waals surface area contributed by atoms with E-state index in [4.69, 9.17) is 0 Å². The van der Waals surface area contributed by atoms with Gasteiger partial charge in [0, 0.05) is 48.5 Å². The van der Waals surface area contributed by atoms with Crippen LogP contribution in [0, 0.1) is 11.8 Å².